The maximum absolute atomic E-state index is 13.3. The number of hydrogen-bond donors (Lipinski definition) is 1. The first kappa shape index (κ1) is 23.3. The summed E-state index contributed by atoms with van der Waals surface area (Å²) in [6, 6.07) is 13.2. The molecular formula is C24H26N2O5S. The number of nitrogens with zero attached hydrogens (tertiary/aromatic N) is 1. The van der Waals surface area contributed by atoms with Crippen LogP contribution in [-0.4, -0.2) is 26.0 Å². The number of amides is 1. The molecule has 1 N–H and O–H groups in total. The highest BCUT2D eigenvalue weighted by Crippen LogP contribution is 2.24. The van der Waals surface area contributed by atoms with Crippen LogP contribution in [0, 0.1) is 27.7 Å². The number of sulfone groups is 1. The highest BCUT2D eigenvalue weighted by molar-refractivity contribution is 7.91. The van der Waals surface area contributed by atoms with E-state index >= 15 is 0 Å². The lowest BCUT2D eigenvalue weighted by Crippen LogP contribution is -2.33. The minimum Gasteiger partial charge on any atom is -0.497 e. The molecule has 1 amide bonds. The molecule has 0 bridgehead atoms. The first-order valence-corrected chi connectivity index (χ1v) is 11.5. The molecule has 32 heavy (non-hydrogen) atoms. The van der Waals surface area contributed by atoms with E-state index < -0.39 is 21.3 Å². The molecule has 0 aliphatic carbocycles. The number of aryl methyl sites for hydroxylation is 4. The molecule has 3 rings (SSSR count). The quantitative estimate of drug-likeness (QED) is 0.615. The van der Waals surface area contributed by atoms with Gasteiger partial charge in [0.1, 0.15) is 17.2 Å². The van der Waals surface area contributed by atoms with E-state index in [4.69, 9.17) is 4.74 Å². The molecule has 3 aromatic rings. The Morgan fingerprint density at radius 2 is 1.69 bits per heavy atom. The van der Waals surface area contributed by atoms with Crippen LogP contribution in [0.15, 0.2) is 63.1 Å². The van der Waals surface area contributed by atoms with Crippen molar-refractivity contribution in [2.75, 3.05) is 12.4 Å². The van der Waals surface area contributed by atoms with E-state index in [1.165, 1.54) is 17.7 Å². The van der Waals surface area contributed by atoms with Gasteiger partial charge in [0.25, 0.3) is 5.56 Å². The predicted octanol–water partition coefficient (Wildman–Crippen LogP) is 3.56. The van der Waals surface area contributed by atoms with Gasteiger partial charge in [0, 0.05) is 17.4 Å². The number of carbonyl (C=O) groups is 1. The number of pyridine rings is 1. The second-order valence-corrected chi connectivity index (χ2v) is 9.61. The first-order chi connectivity index (χ1) is 15.0. The van der Waals surface area contributed by atoms with Gasteiger partial charge in [0.2, 0.25) is 15.7 Å². The molecule has 0 spiro atoms. The molecule has 0 saturated carbocycles. The number of methoxy groups -OCH3 is 1. The maximum atomic E-state index is 13.3. The molecule has 2 aromatic carbocycles. The van der Waals surface area contributed by atoms with Crippen LogP contribution in [0.3, 0.4) is 0 Å². The smallest absolute Gasteiger partial charge is 0.270 e. The lowest BCUT2D eigenvalue weighted by Gasteiger charge is -2.15. The number of aromatic nitrogens is 1. The minimum absolute atomic E-state index is 0.0528. The Hall–Kier alpha value is -3.39. The summed E-state index contributed by atoms with van der Waals surface area (Å²) in [6.07, 6.45) is 0. The van der Waals surface area contributed by atoms with Crippen molar-refractivity contribution >= 4 is 21.4 Å². The Morgan fingerprint density at radius 3 is 2.34 bits per heavy atom. The van der Waals surface area contributed by atoms with E-state index in [2.05, 4.69) is 5.32 Å². The van der Waals surface area contributed by atoms with E-state index in [-0.39, 0.29) is 16.3 Å². The van der Waals surface area contributed by atoms with Gasteiger partial charge in [-0.05, 0) is 74.7 Å². The second-order valence-electron chi connectivity index (χ2n) is 7.72. The Morgan fingerprint density at radius 1 is 0.969 bits per heavy atom. The average molecular weight is 455 g/mol. The third kappa shape index (κ3) is 4.60. The summed E-state index contributed by atoms with van der Waals surface area (Å²) in [7, 11) is -2.54. The van der Waals surface area contributed by atoms with Gasteiger partial charge >= 0.3 is 0 Å². The third-order valence-electron chi connectivity index (χ3n) is 5.36. The van der Waals surface area contributed by atoms with Crippen LogP contribution in [0.1, 0.15) is 22.4 Å². The van der Waals surface area contributed by atoms with Crippen molar-refractivity contribution in [2.24, 2.45) is 0 Å². The van der Waals surface area contributed by atoms with Crippen LogP contribution in [0.2, 0.25) is 0 Å². The zero-order valence-electron chi connectivity index (χ0n) is 18.7. The van der Waals surface area contributed by atoms with E-state index in [9.17, 15) is 18.0 Å². The van der Waals surface area contributed by atoms with E-state index in [0.29, 0.717) is 22.7 Å². The summed E-state index contributed by atoms with van der Waals surface area (Å²) in [5, 5.41) is 2.71. The van der Waals surface area contributed by atoms with Crippen LogP contribution < -0.4 is 15.6 Å². The topological polar surface area (TPSA) is 94.5 Å². The van der Waals surface area contributed by atoms with Crippen molar-refractivity contribution in [2.45, 2.75) is 44.0 Å². The molecule has 168 valence electrons. The molecule has 8 heteroatoms. The van der Waals surface area contributed by atoms with Gasteiger partial charge in [-0.2, -0.15) is 0 Å². The number of ether oxygens (including phenoxy) is 1. The van der Waals surface area contributed by atoms with Crippen LogP contribution >= 0.6 is 0 Å². The van der Waals surface area contributed by atoms with Crippen molar-refractivity contribution in [1.82, 2.24) is 4.57 Å². The summed E-state index contributed by atoms with van der Waals surface area (Å²) in [6.45, 7) is 6.63. The predicted molar refractivity (Wildman–Crippen MR) is 123 cm³/mol. The molecule has 0 atom stereocenters. The van der Waals surface area contributed by atoms with Crippen molar-refractivity contribution in [3.63, 3.8) is 0 Å². The van der Waals surface area contributed by atoms with Crippen LogP contribution in [0.25, 0.3) is 0 Å². The lowest BCUT2D eigenvalue weighted by molar-refractivity contribution is -0.116. The molecule has 0 fully saturated rings. The van der Waals surface area contributed by atoms with Crippen molar-refractivity contribution < 1.29 is 17.9 Å². The Labute approximate surface area is 187 Å². The molecule has 0 aliphatic rings. The number of anilines is 1. The summed E-state index contributed by atoms with van der Waals surface area (Å²) in [5.41, 5.74) is 2.39. The first-order valence-electron chi connectivity index (χ1n) is 10.0. The average Bonchev–Trinajstić information content (AvgIpc) is 2.72. The number of rotatable bonds is 6. The summed E-state index contributed by atoms with van der Waals surface area (Å²) in [4.78, 5) is 25.6. The van der Waals surface area contributed by atoms with Gasteiger partial charge in [-0.1, -0.05) is 12.1 Å². The van der Waals surface area contributed by atoms with E-state index in [1.807, 2.05) is 13.8 Å². The Kier molecular flexibility index (Phi) is 6.55. The van der Waals surface area contributed by atoms with Gasteiger partial charge in [-0.15, -0.1) is 0 Å². The Balaban J connectivity index is 2.00. The van der Waals surface area contributed by atoms with E-state index in [0.717, 1.165) is 11.1 Å². The van der Waals surface area contributed by atoms with Gasteiger partial charge in [-0.3, -0.25) is 9.59 Å². The molecule has 1 heterocycles. The zero-order valence-corrected chi connectivity index (χ0v) is 19.5. The van der Waals surface area contributed by atoms with Crippen molar-refractivity contribution in [3.05, 3.63) is 81.3 Å². The fourth-order valence-corrected chi connectivity index (χ4v) is 5.11. The number of hydrogen-bond acceptors (Lipinski definition) is 5. The maximum Gasteiger partial charge on any atom is 0.270 e. The molecule has 0 unspecified atom stereocenters. The van der Waals surface area contributed by atoms with Gasteiger partial charge in [-0.25, -0.2) is 8.42 Å². The van der Waals surface area contributed by atoms with Crippen molar-refractivity contribution in [3.8, 4) is 5.75 Å². The molecule has 7 nitrogen and oxygen atoms in total. The SMILES string of the molecule is COc1cccc(NC(=O)Cn2c(C)cc(C)c(S(=O)(=O)c3ccc(C)c(C)c3)c2=O)c1. The summed E-state index contributed by atoms with van der Waals surface area (Å²) in [5.74, 6) is 0.120. The molecule has 0 saturated heterocycles. The Bertz CT molecular complexity index is 1360. The third-order valence-corrected chi connectivity index (χ3v) is 7.27. The van der Waals surface area contributed by atoms with Crippen LogP contribution in [-0.2, 0) is 21.2 Å². The van der Waals surface area contributed by atoms with Gasteiger partial charge in [0.15, 0.2) is 0 Å². The largest absolute Gasteiger partial charge is 0.497 e. The summed E-state index contributed by atoms with van der Waals surface area (Å²) >= 11 is 0. The minimum atomic E-state index is -4.06. The fourth-order valence-electron chi connectivity index (χ4n) is 3.48. The molecule has 0 radical (unpaired) electrons. The molecule has 1 aromatic heterocycles. The normalized spacial score (nSPS) is 11.3. The molecule has 0 aliphatic heterocycles. The fraction of sp³-hybridized carbons (Fsp3) is 0.250. The summed E-state index contributed by atoms with van der Waals surface area (Å²) < 4.78 is 33.0. The highest BCUT2D eigenvalue weighted by Gasteiger charge is 2.26. The number of carbonyl (C=O) groups excluding carboxylic acids is 1. The standard InChI is InChI=1S/C24H26N2O5S/c1-15-9-10-21(12-16(15)2)32(29,30)23-17(3)11-18(4)26(24(23)28)14-22(27)25-19-7-6-8-20(13-19)31-5/h6-13H,14H2,1-5H3,(H,25,27). The number of benzene rings is 2. The second kappa shape index (κ2) is 9.00. The highest BCUT2D eigenvalue weighted by atomic mass is 32.2. The van der Waals surface area contributed by atoms with Crippen LogP contribution in [0.4, 0.5) is 5.69 Å². The van der Waals surface area contributed by atoms with Gasteiger partial charge in [0.05, 0.1) is 12.0 Å². The monoisotopic (exact) mass is 454 g/mol. The van der Waals surface area contributed by atoms with Crippen LogP contribution in [0.5, 0.6) is 5.75 Å². The number of nitrogens with one attached hydrogen (secondary N) is 1. The zero-order chi connectivity index (χ0) is 23.6. The molecular weight excluding hydrogens is 428 g/mol. The van der Waals surface area contributed by atoms with Gasteiger partial charge < -0.3 is 14.6 Å². The lowest BCUT2D eigenvalue weighted by atomic mass is 10.1. The van der Waals surface area contributed by atoms with Crippen molar-refractivity contribution in [1.29, 1.82) is 0 Å². The van der Waals surface area contributed by atoms with E-state index in [1.54, 1.807) is 56.3 Å².